The fourth-order valence-corrected chi connectivity index (χ4v) is 1.15. The van der Waals surface area contributed by atoms with Crippen molar-refractivity contribution in [2.45, 2.75) is 32.4 Å². The van der Waals surface area contributed by atoms with Gasteiger partial charge < -0.3 is 11.1 Å². The third-order valence-electron chi connectivity index (χ3n) is 2.04. The largest absolute Gasteiger partial charge is 0.352 e. The molecule has 0 bridgehead atoms. The van der Waals surface area contributed by atoms with Gasteiger partial charge >= 0.3 is 0 Å². The highest BCUT2D eigenvalue weighted by atomic mass is 16.1. The molecule has 0 fully saturated rings. The summed E-state index contributed by atoms with van der Waals surface area (Å²) in [5.41, 5.74) is 6.56. The number of carbonyl (C=O) groups excluding carboxylic acids is 1. The van der Waals surface area contributed by atoms with Crippen LogP contribution in [0, 0.1) is 0 Å². The molecule has 1 aromatic rings. The Morgan fingerprint density at radius 3 is 3.07 bits per heavy atom. The zero-order chi connectivity index (χ0) is 11.1. The van der Waals surface area contributed by atoms with Gasteiger partial charge in [-0.1, -0.05) is 6.07 Å². The molecule has 0 saturated heterocycles. The molecule has 4 heteroatoms. The monoisotopic (exact) mass is 207 g/mol. The minimum atomic E-state index is 0.0381. The van der Waals surface area contributed by atoms with E-state index in [1.807, 2.05) is 19.1 Å². The molecule has 0 spiro atoms. The van der Waals surface area contributed by atoms with Crippen LogP contribution in [-0.4, -0.2) is 16.9 Å². The summed E-state index contributed by atoms with van der Waals surface area (Å²) in [7, 11) is 0. The number of aromatic nitrogens is 1. The van der Waals surface area contributed by atoms with E-state index in [4.69, 9.17) is 5.73 Å². The number of hydrogen-bond acceptors (Lipinski definition) is 3. The lowest BCUT2D eigenvalue weighted by Crippen LogP contribution is -2.25. The van der Waals surface area contributed by atoms with Gasteiger partial charge in [-0.05, 0) is 25.0 Å². The Balaban J connectivity index is 2.23. The van der Waals surface area contributed by atoms with Gasteiger partial charge in [0.25, 0.3) is 0 Å². The van der Waals surface area contributed by atoms with Crippen LogP contribution in [0.1, 0.15) is 25.3 Å². The van der Waals surface area contributed by atoms with Crippen LogP contribution >= 0.6 is 0 Å². The molecule has 15 heavy (non-hydrogen) atoms. The standard InChI is InChI=1S/C11H17N3O/c1-9(12)4-5-11(15)14-8-10-3-2-6-13-7-10/h2-3,6-7,9H,4-5,8,12H2,1H3,(H,14,15). The number of rotatable bonds is 5. The van der Waals surface area contributed by atoms with Gasteiger partial charge in [0.05, 0.1) is 0 Å². The van der Waals surface area contributed by atoms with Crippen LogP contribution in [0.2, 0.25) is 0 Å². The fourth-order valence-electron chi connectivity index (χ4n) is 1.15. The average molecular weight is 207 g/mol. The van der Waals surface area contributed by atoms with Gasteiger partial charge in [0.1, 0.15) is 0 Å². The minimum absolute atomic E-state index is 0.0381. The van der Waals surface area contributed by atoms with E-state index in [0.29, 0.717) is 13.0 Å². The maximum absolute atomic E-state index is 11.3. The normalized spacial score (nSPS) is 12.1. The summed E-state index contributed by atoms with van der Waals surface area (Å²) >= 11 is 0. The highest BCUT2D eigenvalue weighted by Crippen LogP contribution is 1.97. The molecule has 1 aromatic heterocycles. The third kappa shape index (κ3) is 5.12. The molecule has 1 unspecified atom stereocenters. The minimum Gasteiger partial charge on any atom is -0.352 e. The zero-order valence-corrected chi connectivity index (χ0v) is 8.94. The molecule has 0 aliphatic carbocycles. The molecular weight excluding hydrogens is 190 g/mol. The van der Waals surface area contributed by atoms with Crippen molar-refractivity contribution in [3.63, 3.8) is 0 Å². The molecule has 3 N–H and O–H groups in total. The van der Waals surface area contributed by atoms with Crippen LogP contribution in [0.3, 0.4) is 0 Å². The van der Waals surface area contributed by atoms with Crippen molar-refractivity contribution in [1.82, 2.24) is 10.3 Å². The predicted octanol–water partition coefficient (Wildman–Crippen LogP) is 0.825. The Morgan fingerprint density at radius 2 is 2.47 bits per heavy atom. The quantitative estimate of drug-likeness (QED) is 0.751. The van der Waals surface area contributed by atoms with Crippen molar-refractivity contribution in [2.24, 2.45) is 5.73 Å². The summed E-state index contributed by atoms with van der Waals surface area (Å²) < 4.78 is 0. The van der Waals surface area contributed by atoms with E-state index in [-0.39, 0.29) is 11.9 Å². The predicted molar refractivity (Wildman–Crippen MR) is 59.0 cm³/mol. The maximum Gasteiger partial charge on any atom is 0.220 e. The highest BCUT2D eigenvalue weighted by molar-refractivity contribution is 5.75. The first kappa shape index (κ1) is 11.7. The number of nitrogens with two attached hydrogens (primary N) is 1. The molecule has 1 atom stereocenters. The van der Waals surface area contributed by atoms with Crippen LogP contribution in [-0.2, 0) is 11.3 Å². The first-order chi connectivity index (χ1) is 7.18. The van der Waals surface area contributed by atoms with E-state index >= 15 is 0 Å². The Hall–Kier alpha value is -1.42. The molecule has 0 radical (unpaired) electrons. The SMILES string of the molecule is CC(N)CCC(=O)NCc1cccnc1. The van der Waals surface area contributed by atoms with E-state index < -0.39 is 0 Å². The lowest BCUT2D eigenvalue weighted by molar-refractivity contribution is -0.121. The second-order valence-corrected chi connectivity index (χ2v) is 3.65. The van der Waals surface area contributed by atoms with Crippen LogP contribution in [0.5, 0.6) is 0 Å². The summed E-state index contributed by atoms with van der Waals surface area (Å²) in [6, 6.07) is 3.86. The smallest absolute Gasteiger partial charge is 0.220 e. The van der Waals surface area contributed by atoms with E-state index in [2.05, 4.69) is 10.3 Å². The Bertz CT molecular complexity index is 298. The Morgan fingerprint density at radius 1 is 1.67 bits per heavy atom. The number of nitrogens with zero attached hydrogens (tertiary/aromatic N) is 1. The van der Waals surface area contributed by atoms with Gasteiger partial charge in [-0.25, -0.2) is 0 Å². The second-order valence-electron chi connectivity index (χ2n) is 3.65. The van der Waals surface area contributed by atoms with Crippen molar-refractivity contribution in [2.75, 3.05) is 0 Å². The van der Waals surface area contributed by atoms with E-state index in [9.17, 15) is 4.79 Å². The summed E-state index contributed by atoms with van der Waals surface area (Å²) in [6.07, 6.45) is 4.66. The van der Waals surface area contributed by atoms with Crippen molar-refractivity contribution in [3.05, 3.63) is 30.1 Å². The number of carbonyl (C=O) groups is 1. The van der Waals surface area contributed by atoms with Crippen molar-refractivity contribution < 1.29 is 4.79 Å². The molecule has 4 nitrogen and oxygen atoms in total. The molecular formula is C11H17N3O. The van der Waals surface area contributed by atoms with E-state index in [1.165, 1.54) is 0 Å². The zero-order valence-electron chi connectivity index (χ0n) is 8.94. The highest BCUT2D eigenvalue weighted by Gasteiger charge is 2.02. The molecule has 0 saturated carbocycles. The fraction of sp³-hybridized carbons (Fsp3) is 0.455. The van der Waals surface area contributed by atoms with Gasteiger partial charge in [0.15, 0.2) is 0 Å². The lowest BCUT2D eigenvalue weighted by Gasteiger charge is -2.06. The Labute approximate surface area is 89.9 Å². The lowest BCUT2D eigenvalue weighted by atomic mass is 10.2. The molecule has 82 valence electrons. The van der Waals surface area contributed by atoms with Crippen LogP contribution < -0.4 is 11.1 Å². The topological polar surface area (TPSA) is 68.0 Å². The van der Waals surface area contributed by atoms with Crippen LogP contribution in [0.15, 0.2) is 24.5 Å². The maximum atomic E-state index is 11.3. The summed E-state index contributed by atoms with van der Waals surface area (Å²) in [4.78, 5) is 15.3. The van der Waals surface area contributed by atoms with Gasteiger partial charge in [0, 0.05) is 31.4 Å². The molecule has 1 amide bonds. The summed E-state index contributed by atoms with van der Waals surface area (Å²) in [6.45, 7) is 2.43. The van der Waals surface area contributed by atoms with E-state index in [0.717, 1.165) is 12.0 Å². The number of pyridine rings is 1. The first-order valence-electron chi connectivity index (χ1n) is 5.09. The average Bonchev–Trinajstić information content (AvgIpc) is 2.25. The number of amides is 1. The van der Waals surface area contributed by atoms with Crippen molar-refractivity contribution in [3.8, 4) is 0 Å². The number of hydrogen-bond donors (Lipinski definition) is 2. The van der Waals surface area contributed by atoms with Gasteiger partial charge in [-0.3, -0.25) is 9.78 Å². The van der Waals surface area contributed by atoms with Crippen molar-refractivity contribution >= 4 is 5.91 Å². The molecule has 1 heterocycles. The van der Waals surface area contributed by atoms with Gasteiger partial charge in [-0.15, -0.1) is 0 Å². The summed E-state index contributed by atoms with van der Waals surface area (Å²) in [5, 5.41) is 2.82. The molecule has 0 aliphatic rings. The third-order valence-corrected chi connectivity index (χ3v) is 2.04. The van der Waals surface area contributed by atoms with Crippen molar-refractivity contribution in [1.29, 1.82) is 0 Å². The van der Waals surface area contributed by atoms with E-state index in [1.54, 1.807) is 12.4 Å². The van der Waals surface area contributed by atoms with Gasteiger partial charge in [-0.2, -0.15) is 0 Å². The van der Waals surface area contributed by atoms with Crippen LogP contribution in [0.25, 0.3) is 0 Å². The second kappa shape index (κ2) is 6.14. The van der Waals surface area contributed by atoms with Crippen LogP contribution in [0.4, 0.5) is 0 Å². The Kier molecular flexibility index (Phi) is 4.77. The molecule has 0 aromatic carbocycles. The van der Waals surface area contributed by atoms with Gasteiger partial charge in [0.2, 0.25) is 5.91 Å². The molecule has 1 rings (SSSR count). The summed E-state index contributed by atoms with van der Waals surface area (Å²) in [5.74, 6) is 0.0381. The number of nitrogens with one attached hydrogen (secondary N) is 1. The molecule has 0 aliphatic heterocycles. The first-order valence-corrected chi connectivity index (χ1v) is 5.09.